The number of benzene rings is 3. The van der Waals surface area contributed by atoms with Crippen molar-refractivity contribution in [1.29, 1.82) is 0 Å². The van der Waals surface area contributed by atoms with Crippen LogP contribution in [0.2, 0.25) is 0 Å². The van der Waals surface area contributed by atoms with Gasteiger partial charge in [-0.1, -0.05) is 36.4 Å². The largest absolute Gasteiger partial charge is 0.508 e. The normalized spacial score (nSPS) is 11.8. The van der Waals surface area contributed by atoms with Gasteiger partial charge in [0.2, 0.25) is 0 Å². The number of aromatic hydroxyl groups is 1. The molecule has 2 aromatic heterocycles. The number of amides is 1. The van der Waals surface area contributed by atoms with Crippen LogP contribution >= 0.6 is 11.3 Å². The Morgan fingerprint density at radius 3 is 2.37 bits per heavy atom. The van der Waals surface area contributed by atoms with Gasteiger partial charge >= 0.3 is 5.97 Å². The molecule has 0 aliphatic rings. The average Bonchev–Trinajstić information content (AvgIpc) is 3.55. The molecule has 1 unspecified atom stereocenters. The number of para-hydroxylation sites is 2. The number of methoxy groups -OCH3 is 1. The first-order valence-electron chi connectivity index (χ1n) is 10.8. The summed E-state index contributed by atoms with van der Waals surface area (Å²) < 4.78 is 4.85. The fraction of sp³-hybridized carbons (Fsp3) is 0.0741. The lowest BCUT2D eigenvalue weighted by Crippen LogP contribution is -2.34. The quantitative estimate of drug-likeness (QED) is 0.284. The fourth-order valence-corrected chi connectivity index (χ4v) is 4.71. The molecule has 0 bridgehead atoms. The molecule has 0 spiro atoms. The minimum absolute atomic E-state index is 0.0661. The van der Waals surface area contributed by atoms with E-state index < -0.39 is 17.9 Å². The van der Waals surface area contributed by atoms with Crippen molar-refractivity contribution in [2.24, 2.45) is 0 Å². The molecular formula is C27H21N3O4S. The molecule has 35 heavy (non-hydrogen) atoms. The Bertz CT molecular complexity index is 1470. The average molecular weight is 484 g/mol. The van der Waals surface area contributed by atoms with E-state index in [2.05, 4.69) is 15.3 Å². The molecule has 3 aromatic carbocycles. The van der Waals surface area contributed by atoms with E-state index in [1.807, 2.05) is 48.5 Å². The van der Waals surface area contributed by atoms with Crippen molar-refractivity contribution in [3.05, 3.63) is 96.1 Å². The van der Waals surface area contributed by atoms with Crippen molar-refractivity contribution in [2.75, 3.05) is 7.11 Å². The number of aromatic amines is 1. The number of carbonyl (C=O) groups excluding carboxylic acids is 2. The highest BCUT2D eigenvalue weighted by atomic mass is 32.1. The summed E-state index contributed by atoms with van der Waals surface area (Å²) in [5.74, 6) is -0.121. The van der Waals surface area contributed by atoms with E-state index in [4.69, 9.17) is 4.74 Å². The number of nitrogens with one attached hydrogen (secondary N) is 2. The molecule has 1 atom stereocenters. The van der Waals surface area contributed by atoms with E-state index in [-0.39, 0.29) is 5.75 Å². The van der Waals surface area contributed by atoms with E-state index in [1.165, 1.54) is 19.2 Å². The number of nitrogens with zero attached hydrogens (tertiary/aromatic N) is 1. The van der Waals surface area contributed by atoms with Crippen LogP contribution in [0.25, 0.3) is 32.2 Å². The molecule has 8 heteroatoms. The van der Waals surface area contributed by atoms with Crippen molar-refractivity contribution in [3.8, 4) is 26.9 Å². The number of hydrogen-bond acceptors (Lipinski definition) is 6. The van der Waals surface area contributed by atoms with Crippen LogP contribution in [-0.2, 0) is 9.53 Å². The number of fused-ring (bicyclic) bond motifs is 1. The predicted octanol–water partition coefficient (Wildman–Crippen LogP) is 5.31. The summed E-state index contributed by atoms with van der Waals surface area (Å²) in [7, 11) is 1.26. The van der Waals surface area contributed by atoms with Gasteiger partial charge in [-0.3, -0.25) is 4.79 Å². The number of rotatable bonds is 6. The van der Waals surface area contributed by atoms with Crippen molar-refractivity contribution in [1.82, 2.24) is 15.3 Å². The van der Waals surface area contributed by atoms with Crippen LogP contribution in [0, 0.1) is 0 Å². The molecule has 5 aromatic rings. The number of phenolic OH excluding ortho intramolecular Hbond substituents is 1. The lowest BCUT2D eigenvalue weighted by molar-refractivity contribution is -0.143. The number of hydrogen-bond donors (Lipinski definition) is 3. The molecule has 5 rings (SSSR count). The molecule has 3 N–H and O–H groups in total. The minimum Gasteiger partial charge on any atom is -0.508 e. The number of H-pyrrole nitrogens is 1. The number of imidazole rings is 1. The van der Waals surface area contributed by atoms with Crippen molar-refractivity contribution in [2.45, 2.75) is 6.04 Å². The molecule has 174 valence electrons. The number of aromatic nitrogens is 2. The van der Waals surface area contributed by atoms with Gasteiger partial charge in [-0.05, 0) is 59.7 Å². The first-order valence-corrected chi connectivity index (χ1v) is 11.7. The summed E-state index contributed by atoms with van der Waals surface area (Å²) >= 11 is 1.61. The van der Waals surface area contributed by atoms with Gasteiger partial charge in [-0.2, -0.15) is 0 Å². The zero-order chi connectivity index (χ0) is 24.4. The Kier molecular flexibility index (Phi) is 6.03. The monoisotopic (exact) mass is 483 g/mol. The maximum atomic E-state index is 12.9. The topological polar surface area (TPSA) is 104 Å². The van der Waals surface area contributed by atoms with Crippen LogP contribution in [-0.4, -0.2) is 34.1 Å². The van der Waals surface area contributed by atoms with Crippen LogP contribution in [0.1, 0.15) is 22.0 Å². The Hall–Kier alpha value is -4.43. The third kappa shape index (κ3) is 4.64. The molecular weight excluding hydrogens is 462 g/mol. The third-order valence-electron chi connectivity index (χ3n) is 5.60. The Labute approximate surface area is 205 Å². The first kappa shape index (κ1) is 22.4. The smallest absolute Gasteiger partial charge is 0.333 e. The van der Waals surface area contributed by atoms with Gasteiger partial charge in [0.1, 0.15) is 11.6 Å². The third-order valence-corrected chi connectivity index (χ3v) is 6.74. The Balaban J connectivity index is 1.33. The molecule has 1 amide bonds. The van der Waals surface area contributed by atoms with Gasteiger partial charge in [0.15, 0.2) is 6.04 Å². The summed E-state index contributed by atoms with van der Waals surface area (Å²) in [5, 5.41) is 12.2. The lowest BCUT2D eigenvalue weighted by Gasteiger charge is -2.17. The summed E-state index contributed by atoms with van der Waals surface area (Å²) in [6.45, 7) is 0. The SMILES string of the molecule is COC(=O)C(NC(=O)c1ccc(-c2ccc(-c3nc4ccccc4[nH]3)s2)cc1)c1ccc(O)cc1. The minimum atomic E-state index is -0.989. The molecule has 0 fully saturated rings. The second kappa shape index (κ2) is 9.44. The second-order valence-corrected chi connectivity index (χ2v) is 8.95. The van der Waals surface area contributed by atoms with E-state index >= 15 is 0 Å². The molecule has 7 nitrogen and oxygen atoms in total. The Morgan fingerprint density at radius 1 is 0.943 bits per heavy atom. The molecule has 0 saturated carbocycles. The maximum absolute atomic E-state index is 12.9. The fourth-order valence-electron chi connectivity index (χ4n) is 3.75. The summed E-state index contributed by atoms with van der Waals surface area (Å²) in [6.07, 6.45) is 0. The molecule has 0 saturated heterocycles. The van der Waals surface area contributed by atoms with E-state index in [9.17, 15) is 14.7 Å². The number of thiophene rings is 1. The molecule has 0 aliphatic carbocycles. The number of esters is 1. The summed E-state index contributed by atoms with van der Waals surface area (Å²) in [4.78, 5) is 35.2. The second-order valence-electron chi connectivity index (χ2n) is 7.86. The highest BCUT2D eigenvalue weighted by Crippen LogP contribution is 2.34. The zero-order valence-electron chi connectivity index (χ0n) is 18.7. The molecule has 0 aliphatic heterocycles. The first-order chi connectivity index (χ1) is 17.0. The van der Waals surface area contributed by atoms with Gasteiger partial charge in [0.05, 0.1) is 23.0 Å². The lowest BCUT2D eigenvalue weighted by atomic mass is 10.1. The number of ether oxygens (including phenoxy) is 1. The standard InChI is InChI=1S/C27H21N3O4S/c1-34-27(33)24(17-10-12-19(31)13-11-17)30-26(32)18-8-6-16(7-9-18)22-14-15-23(35-22)25-28-20-4-2-3-5-21(20)29-25/h2-15,24,31H,1H3,(H,28,29)(H,30,32). The maximum Gasteiger partial charge on any atom is 0.333 e. The molecule has 2 heterocycles. The van der Waals surface area contributed by atoms with Gasteiger partial charge in [0.25, 0.3) is 5.91 Å². The van der Waals surface area contributed by atoms with Crippen molar-refractivity contribution < 1.29 is 19.4 Å². The van der Waals surface area contributed by atoms with E-state index in [0.29, 0.717) is 11.1 Å². The van der Waals surface area contributed by atoms with Gasteiger partial charge < -0.3 is 20.1 Å². The zero-order valence-corrected chi connectivity index (χ0v) is 19.5. The van der Waals surface area contributed by atoms with Gasteiger partial charge in [-0.15, -0.1) is 11.3 Å². The van der Waals surface area contributed by atoms with Crippen LogP contribution in [0.15, 0.2) is 84.9 Å². The van der Waals surface area contributed by atoms with Crippen LogP contribution in [0.4, 0.5) is 0 Å². The number of carbonyl (C=O) groups is 2. The summed E-state index contributed by atoms with van der Waals surface area (Å²) in [5.41, 5.74) is 3.81. The predicted molar refractivity (Wildman–Crippen MR) is 135 cm³/mol. The number of phenols is 1. The highest BCUT2D eigenvalue weighted by Gasteiger charge is 2.24. The van der Waals surface area contributed by atoms with E-state index in [1.54, 1.807) is 35.6 Å². The van der Waals surface area contributed by atoms with Crippen molar-refractivity contribution in [3.63, 3.8) is 0 Å². The van der Waals surface area contributed by atoms with Crippen LogP contribution in [0.3, 0.4) is 0 Å². The van der Waals surface area contributed by atoms with Gasteiger partial charge in [0, 0.05) is 10.4 Å². The van der Waals surface area contributed by atoms with Crippen LogP contribution in [0.5, 0.6) is 5.75 Å². The van der Waals surface area contributed by atoms with E-state index in [0.717, 1.165) is 32.2 Å². The highest BCUT2D eigenvalue weighted by molar-refractivity contribution is 7.18. The Morgan fingerprint density at radius 2 is 1.66 bits per heavy atom. The molecule has 0 radical (unpaired) electrons. The summed E-state index contributed by atoms with van der Waals surface area (Å²) in [6, 6.07) is 24.2. The van der Waals surface area contributed by atoms with Gasteiger partial charge in [-0.25, -0.2) is 9.78 Å². The van der Waals surface area contributed by atoms with Crippen molar-refractivity contribution >= 4 is 34.2 Å². The van der Waals surface area contributed by atoms with Crippen LogP contribution < -0.4 is 5.32 Å².